The van der Waals surface area contributed by atoms with E-state index in [1.807, 2.05) is 29.8 Å². The molecule has 3 N–H and O–H groups in total. The lowest BCUT2D eigenvalue weighted by Crippen LogP contribution is -2.24. The summed E-state index contributed by atoms with van der Waals surface area (Å²) in [4.78, 5) is 14.6. The molecule has 0 saturated carbocycles. The molecular formula is C10H11N5O. The van der Waals surface area contributed by atoms with Gasteiger partial charge in [0.05, 0.1) is 23.6 Å². The number of primary amides is 1. The number of carbonyl (C=O) groups is 1. The molecule has 0 spiro atoms. The van der Waals surface area contributed by atoms with Gasteiger partial charge in [0.25, 0.3) is 0 Å². The van der Waals surface area contributed by atoms with Crippen molar-refractivity contribution in [3.8, 4) is 0 Å². The fourth-order valence-corrected chi connectivity index (χ4v) is 1.39. The van der Waals surface area contributed by atoms with Crippen molar-refractivity contribution in [2.45, 2.75) is 0 Å². The number of rotatable bonds is 2. The average Bonchev–Trinajstić information content (AvgIpc) is 2.60. The van der Waals surface area contributed by atoms with Crippen molar-refractivity contribution in [3.05, 3.63) is 30.1 Å². The predicted octanol–water partition coefficient (Wildman–Crippen LogP) is 0.576. The Morgan fingerprint density at radius 1 is 1.62 bits per heavy atom. The number of hydrazone groups is 1. The first-order valence-corrected chi connectivity index (χ1v) is 4.66. The highest BCUT2D eigenvalue weighted by molar-refractivity contribution is 5.87. The molecule has 0 atom stereocenters. The lowest BCUT2D eigenvalue weighted by molar-refractivity contribution is 0.249. The van der Waals surface area contributed by atoms with E-state index >= 15 is 0 Å². The molecule has 0 unspecified atom stereocenters. The van der Waals surface area contributed by atoms with Crippen LogP contribution in [0.3, 0.4) is 0 Å². The van der Waals surface area contributed by atoms with Crippen LogP contribution in [0, 0.1) is 0 Å². The average molecular weight is 217 g/mol. The number of aromatic nitrogens is 2. The molecule has 2 rings (SSSR count). The number of hydrogen-bond donors (Lipinski definition) is 2. The Hall–Kier alpha value is -2.37. The van der Waals surface area contributed by atoms with Gasteiger partial charge in [-0.05, 0) is 17.7 Å². The lowest BCUT2D eigenvalue weighted by atomic mass is 10.2. The molecule has 0 saturated heterocycles. The predicted molar refractivity (Wildman–Crippen MR) is 61.0 cm³/mol. The van der Waals surface area contributed by atoms with Gasteiger partial charge in [0.2, 0.25) is 0 Å². The topological polar surface area (TPSA) is 85.3 Å². The minimum Gasteiger partial charge on any atom is -0.350 e. The molecule has 0 radical (unpaired) electrons. The summed E-state index contributed by atoms with van der Waals surface area (Å²) in [5.41, 5.74) is 9.80. The summed E-state index contributed by atoms with van der Waals surface area (Å²) in [6, 6.07) is 5.00. The number of carbonyl (C=O) groups excluding carboxylic acids is 1. The van der Waals surface area contributed by atoms with Gasteiger partial charge >= 0.3 is 6.03 Å². The van der Waals surface area contributed by atoms with Gasteiger partial charge in [-0.25, -0.2) is 15.2 Å². The van der Waals surface area contributed by atoms with Crippen LogP contribution in [0.2, 0.25) is 0 Å². The van der Waals surface area contributed by atoms with E-state index in [2.05, 4.69) is 15.5 Å². The standard InChI is InChI=1S/C10H11N5O/c1-15-6-12-8-3-2-7(4-9(8)15)5-13-14-10(11)16/h2-6H,1H3,(H3,11,14,16). The molecule has 0 aliphatic heterocycles. The summed E-state index contributed by atoms with van der Waals surface area (Å²) in [5.74, 6) is 0. The van der Waals surface area contributed by atoms with E-state index in [1.165, 1.54) is 6.21 Å². The highest BCUT2D eigenvalue weighted by atomic mass is 16.2. The number of amides is 2. The van der Waals surface area contributed by atoms with Crippen molar-refractivity contribution >= 4 is 23.3 Å². The zero-order valence-electron chi connectivity index (χ0n) is 8.71. The SMILES string of the molecule is Cn1cnc2ccc(C=NNC(N)=O)cc21. The second-order valence-electron chi connectivity index (χ2n) is 3.34. The van der Waals surface area contributed by atoms with Crippen LogP contribution in [0.15, 0.2) is 29.6 Å². The first-order chi connectivity index (χ1) is 7.66. The van der Waals surface area contributed by atoms with Crippen LogP contribution in [0.5, 0.6) is 0 Å². The van der Waals surface area contributed by atoms with Crippen molar-refractivity contribution in [2.24, 2.45) is 17.9 Å². The number of nitrogens with zero attached hydrogens (tertiary/aromatic N) is 3. The Labute approximate surface area is 91.8 Å². The minimum atomic E-state index is -0.683. The molecule has 16 heavy (non-hydrogen) atoms. The highest BCUT2D eigenvalue weighted by Crippen LogP contribution is 2.12. The third kappa shape index (κ3) is 2.00. The van der Waals surface area contributed by atoms with E-state index in [0.717, 1.165) is 16.6 Å². The number of benzene rings is 1. The first-order valence-electron chi connectivity index (χ1n) is 4.66. The van der Waals surface area contributed by atoms with E-state index < -0.39 is 6.03 Å². The van der Waals surface area contributed by atoms with Crippen LogP contribution in [0.1, 0.15) is 5.56 Å². The molecule has 6 nitrogen and oxygen atoms in total. The fraction of sp³-hybridized carbons (Fsp3) is 0.100. The normalized spacial score (nSPS) is 11.1. The summed E-state index contributed by atoms with van der Waals surface area (Å²) >= 11 is 0. The molecule has 2 amide bonds. The molecule has 0 aliphatic carbocycles. The quantitative estimate of drug-likeness (QED) is 0.569. The van der Waals surface area contributed by atoms with E-state index in [0.29, 0.717) is 0 Å². The number of nitrogens with two attached hydrogens (primary N) is 1. The van der Waals surface area contributed by atoms with Crippen LogP contribution >= 0.6 is 0 Å². The van der Waals surface area contributed by atoms with E-state index in [1.54, 1.807) is 6.33 Å². The van der Waals surface area contributed by atoms with Gasteiger partial charge in [-0.1, -0.05) is 6.07 Å². The maximum absolute atomic E-state index is 10.4. The third-order valence-corrected chi connectivity index (χ3v) is 2.14. The Bertz CT molecular complexity index is 557. The molecule has 82 valence electrons. The zero-order chi connectivity index (χ0) is 11.5. The van der Waals surface area contributed by atoms with Crippen molar-refractivity contribution in [1.82, 2.24) is 15.0 Å². The van der Waals surface area contributed by atoms with E-state index in [-0.39, 0.29) is 0 Å². The number of nitrogens with one attached hydrogen (secondary N) is 1. The third-order valence-electron chi connectivity index (χ3n) is 2.14. The van der Waals surface area contributed by atoms with Crippen LogP contribution in [0.25, 0.3) is 11.0 Å². The highest BCUT2D eigenvalue weighted by Gasteiger charge is 1.99. The summed E-state index contributed by atoms with van der Waals surface area (Å²) < 4.78 is 1.91. The Morgan fingerprint density at radius 3 is 3.19 bits per heavy atom. The molecule has 6 heteroatoms. The number of imidazole rings is 1. The monoisotopic (exact) mass is 217 g/mol. The number of fused-ring (bicyclic) bond motifs is 1. The van der Waals surface area contributed by atoms with Crippen LogP contribution < -0.4 is 11.2 Å². The second kappa shape index (κ2) is 4.01. The van der Waals surface area contributed by atoms with Gasteiger partial charge in [0, 0.05) is 7.05 Å². The Balaban J connectivity index is 2.28. The van der Waals surface area contributed by atoms with Crippen molar-refractivity contribution < 1.29 is 4.79 Å². The Kier molecular flexibility index (Phi) is 2.55. The van der Waals surface area contributed by atoms with Crippen molar-refractivity contribution in [3.63, 3.8) is 0 Å². The molecule has 1 aromatic carbocycles. The largest absolute Gasteiger partial charge is 0.350 e. The molecule has 0 aliphatic rings. The van der Waals surface area contributed by atoms with Crippen LogP contribution in [-0.2, 0) is 7.05 Å². The van der Waals surface area contributed by atoms with Gasteiger partial charge in [0.15, 0.2) is 0 Å². The summed E-state index contributed by atoms with van der Waals surface area (Å²) in [6.07, 6.45) is 3.27. The van der Waals surface area contributed by atoms with E-state index in [4.69, 9.17) is 5.73 Å². The van der Waals surface area contributed by atoms with Gasteiger partial charge < -0.3 is 10.3 Å². The van der Waals surface area contributed by atoms with Crippen molar-refractivity contribution in [2.75, 3.05) is 0 Å². The zero-order valence-corrected chi connectivity index (χ0v) is 8.71. The lowest BCUT2D eigenvalue weighted by Gasteiger charge is -1.96. The first kappa shape index (κ1) is 10.2. The minimum absolute atomic E-state index is 0.683. The molecule has 0 fully saturated rings. The number of hydrogen-bond acceptors (Lipinski definition) is 3. The van der Waals surface area contributed by atoms with Crippen LogP contribution in [0.4, 0.5) is 4.79 Å². The summed E-state index contributed by atoms with van der Waals surface area (Å²) in [7, 11) is 1.91. The second-order valence-corrected chi connectivity index (χ2v) is 3.34. The Morgan fingerprint density at radius 2 is 2.44 bits per heavy atom. The van der Waals surface area contributed by atoms with Gasteiger partial charge in [-0.2, -0.15) is 5.10 Å². The molecule has 1 heterocycles. The smallest absolute Gasteiger partial charge is 0.332 e. The van der Waals surface area contributed by atoms with Gasteiger partial charge in [-0.15, -0.1) is 0 Å². The fourth-order valence-electron chi connectivity index (χ4n) is 1.39. The van der Waals surface area contributed by atoms with Gasteiger partial charge in [-0.3, -0.25) is 0 Å². The maximum atomic E-state index is 10.4. The number of urea groups is 1. The summed E-state index contributed by atoms with van der Waals surface area (Å²) in [6.45, 7) is 0. The molecular weight excluding hydrogens is 206 g/mol. The molecule has 2 aromatic rings. The molecule has 1 aromatic heterocycles. The summed E-state index contributed by atoms with van der Waals surface area (Å²) in [5, 5.41) is 3.68. The number of aryl methyl sites for hydroxylation is 1. The molecule has 0 bridgehead atoms. The van der Waals surface area contributed by atoms with Crippen LogP contribution in [-0.4, -0.2) is 21.8 Å². The van der Waals surface area contributed by atoms with Gasteiger partial charge in [0.1, 0.15) is 0 Å². The maximum Gasteiger partial charge on any atom is 0.332 e. The van der Waals surface area contributed by atoms with E-state index in [9.17, 15) is 4.79 Å². The van der Waals surface area contributed by atoms with Crippen molar-refractivity contribution in [1.29, 1.82) is 0 Å².